The molecule has 0 bridgehead atoms. The van der Waals surface area contributed by atoms with Gasteiger partial charge in [0.2, 0.25) is 0 Å². The van der Waals surface area contributed by atoms with Crippen LogP contribution in [0.1, 0.15) is 17.9 Å². The van der Waals surface area contributed by atoms with E-state index in [-0.39, 0.29) is 13.1 Å². The average molecular weight is 381 g/mol. The lowest BCUT2D eigenvalue weighted by molar-refractivity contribution is -0.123. The number of pyridine rings is 2. The summed E-state index contributed by atoms with van der Waals surface area (Å²) in [6.07, 6.45) is -1.21. The van der Waals surface area contributed by atoms with E-state index in [1.165, 1.54) is 23.5 Å². The van der Waals surface area contributed by atoms with E-state index < -0.39 is 18.6 Å². The predicted molar refractivity (Wildman–Crippen MR) is 91.5 cm³/mol. The third-order valence-corrected chi connectivity index (χ3v) is 3.98. The SMILES string of the molecule is C.O=C(NCC(F)(F)F)c1cccc(-c2nnc(-c3cccnc3)s2)n1. The van der Waals surface area contributed by atoms with Gasteiger partial charge in [0, 0.05) is 18.0 Å². The molecule has 0 saturated carbocycles. The predicted octanol–water partition coefficient (Wildman–Crippen LogP) is 3.59. The molecule has 0 aliphatic rings. The van der Waals surface area contributed by atoms with Crippen LogP contribution < -0.4 is 5.32 Å². The third-order valence-electron chi connectivity index (χ3n) is 2.98. The summed E-state index contributed by atoms with van der Waals surface area (Å²) in [4.78, 5) is 19.8. The van der Waals surface area contributed by atoms with Crippen LogP contribution in [0.4, 0.5) is 13.2 Å². The average Bonchev–Trinajstić information content (AvgIpc) is 3.10. The Hall–Kier alpha value is -2.88. The van der Waals surface area contributed by atoms with Crippen LogP contribution in [0.5, 0.6) is 0 Å². The van der Waals surface area contributed by atoms with Crippen LogP contribution >= 0.6 is 11.3 Å². The van der Waals surface area contributed by atoms with Gasteiger partial charge < -0.3 is 5.32 Å². The Labute approximate surface area is 151 Å². The summed E-state index contributed by atoms with van der Waals surface area (Å²) in [5.41, 5.74) is 1.01. The quantitative estimate of drug-likeness (QED) is 0.747. The minimum Gasteiger partial charge on any atom is -0.342 e. The van der Waals surface area contributed by atoms with Gasteiger partial charge in [-0.3, -0.25) is 9.78 Å². The van der Waals surface area contributed by atoms with Crippen LogP contribution in [-0.2, 0) is 0 Å². The van der Waals surface area contributed by atoms with E-state index in [2.05, 4.69) is 20.2 Å². The van der Waals surface area contributed by atoms with Crippen molar-refractivity contribution in [1.29, 1.82) is 0 Å². The number of hydrogen-bond acceptors (Lipinski definition) is 6. The largest absolute Gasteiger partial charge is 0.405 e. The fourth-order valence-corrected chi connectivity index (χ4v) is 2.69. The number of alkyl halides is 3. The van der Waals surface area contributed by atoms with Crippen molar-refractivity contribution in [2.45, 2.75) is 13.6 Å². The maximum absolute atomic E-state index is 12.2. The van der Waals surface area contributed by atoms with Gasteiger partial charge in [0.05, 0.1) is 0 Å². The smallest absolute Gasteiger partial charge is 0.342 e. The minimum absolute atomic E-state index is 0. The van der Waals surface area contributed by atoms with Crippen LogP contribution in [-0.4, -0.2) is 38.8 Å². The molecular formula is C16H14F3N5OS. The van der Waals surface area contributed by atoms with Gasteiger partial charge in [-0.25, -0.2) is 4.98 Å². The summed E-state index contributed by atoms with van der Waals surface area (Å²) in [6, 6.07) is 8.05. The van der Waals surface area contributed by atoms with E-state index in [0.29, 0.717) is 15.7 Å². The third kappa shape index (κ3) is 4.82. The van der Waals surface area contributed by atoms with Crippen molar-refractivity contribution in [2.24, 2.45) is 0 Å². The molecule has 0 radical (unpaired) electrons. The molecule has 0 saturated heterocycles. The Morgan fingerprint density at radius 3 is 2.58 bits per heavy atom. The van der Waals surface area contributed by atoms with Crippen LogP contribution in [0.15, 0.2) is 42.7 Å². The number of nitrogens with zero attached hydrogens (tertiary/aromatic N) is 4. The first kappa shape index (κ1) is 19.4. The lowest BCUT2D eigenvalue weighted by atomic mass is 10.3. The number of aromatic nitrogens is 4. The molecule has 1 N–H and O–H groups in total. The first-order valence-electron chi connectivity index (χ1n) is 6.99. The van der Waals surface area contributed by atoms with E-state index in [4.69, 9.17) is 0 Å². The normalized spacial score (nSPS) is 10.9. The second kappa shape index (κ2) is 8.00. The number of halogens is 3. The van der Waals surface area contributed by atoms with Gasteiger partial charge in [-0.1, -0.05) is 24.8 Å². The zero-order chi connectivity index (χ0) is 17.9. The Morgan fingerprint density at radius 2 is 1.88 bits per heavy atom. The molecule has 3 aromatic rings. The number of carbonyl (C=O) groups excluding carboxylic acids is 1. The molecule has 0 aliphatic carbocycles. The van der Waals surface area contributed by atoms with Crippen molar-refractivity contribution in [2.75, 3.05) is 6.54 Å². The zero-order valence-corrected chi connectivity index (χ0v) is 13.3. The Morgan fingerprint density at radius 1 is 1.12 bits per heavy atom. The molecular weight excluding hydrogens is 367 g/mol. The van der Waals surface area contributed by atoms with E-state index in [1.807, 2.05) is 6.07 Å². The fourth-order valence-electron chi connectivity index (χ4n) is 1.88. The monoisotopic (exact) mass is 381 g/mol. The second-order valence-corrected chi connectivity index (χ2v) is 5.84. The van der Waals surface area contributed by atoms with Crippen molar-refractivity contribution < 1.29 is 18.0 Å². The highest BCUT2D eigenvalue weighted by Crippen LogP contribution is 2.28. The molecule has 0 spiro atoms. The maximum atomic E-state index is 12.2. The first-order chi connectivity index (χ1) is 11.9. The first-order valence-corrected chi connectivity index (χ1v) is 7.80. The molecule has 0 atom stereocenters. The Bertz CT molecular complexity index is 883. The number of nitrogens with one attached hydrogen (secondary N) is 1. The van der Waals surface area contributed by atoms with Crippen LogP contribution in [0.3, 0.4) is 0 Å². The van der Waals surface area contributed by atoms with E-state index in [1.54, 1.807) is 29.8 Å². The number of carbonyl (C=O) groups is 1. The number of rotatable bonds is 4. The Kier molecular flexibility index (Phi) is 5.98. The highest BCUT2D eigenvalue weighted by molar-refractivity contribution is 7.17. The molecule has 136 valence electrons. The van der Waals surface area contributed by atoms with Gasteiger partial charge in [0.25, 0.3) is 5.91 Å². The van der Waals surface area contributed by atoms with Crippen LogP contribution in [0, 0.1) is 0 Å². The highest BCUT2D eigenvalue weighted by atomic mass is 32.1. The molecule has 3 heterocycles. The minimum atomic E-state index is -4.48. The van der Waals surface area contributed by atoms with Gasteiger partial charge >= 0.3 is 6.18 Å². The van der Waals surface area contributed by atoms with Crippen molar-refractivity contribution in [1.82, 2.24) is 25.5 Å². The molecule has 1 amide bonds. The molecule has 26 heavy (non-hydrogen) atoms. The second-order valence-electron chi connectivity index (χ2n) is 4.86. The summed E-state index contributed by atoms with van der Waals surface area (Å²) in [5.74, 6) is -0.906. The fraction of sp³-hybridized carbons (Fsp3) is 0.188. The van der Waals surface area contributed by atoms with Gasteiger partial charge in [0.15, 0.2) is 5.01 Å². The van der Waals surface area contributed by atoms with Crippen LogP contribution in [0.2, 0.25) is 0 Å². The molecule has 3 aromatic heterocycles. The molecule has 0 aliphatic heterocycles. The van der Waals surface area contributed by atoms with Gasteiger partial charge in [-0.2, -0.15) is 13.2 Å². The lowest BCUT2D eigenvalue weighted by Gasteiger charge is -2.08. The molecule has 3 rings (SSSR count). The summed E-state index contributed by atoms with van der Waals surface area (Å²) in [6.45, 7) is -1.41. The van der Waals surface area contributed by atoms with E-state index in [0.717, 1.165) is 5.56 Å². The highest BCUT2D eigenvalue weighted by Gasteiger charge is 2.28. The number of amides is 1. The maximum Gasteiger partial charge on any atom is 0.405 e. The van der Waals surface area contributed by atoms with Gasteiger partial charge in [-0.05, 0) is 24.3 Å². The van der Waals surface area contributed by atoms with Crippen LogP contribution in [0.25, 0.3) is 21.3 Å². The van der Waals surface area contributed by atoms with E-state index >= 15 is 0 Å². The topological polar surface area (TPSA) is 80.7 Å². The van der Waals surface area contributed by atoms with Gasteiger partial charge in [-0.15, -0.1) is 10.2 Å². The van der Waals surface area contributed by atoms with Gasteiger partial charge in [0.1, 0.15) is 22.9 Å². The molecule has 6 nitrogen and oxygen atoms in total. The van der Waals surface area contributed by atoms with Crippen molar-refractivity contribution in [3.05, 3.63) is 48.4 Å². The summed E-state index contributed by atoms with van der Waals surface area (Å²) in [7, 11) is 0. The Balaban J connectivity index is 0.00000243. The summed E-state index contributed by atoms with van der Waals surface area (Å²) < 4.78 is 36.5. The summed E-state index contributed by atoms with van der Waals surface area (Å²) >= 11 is 1.24. The van der Waals surface area contributed by atoms with Crippen molar-refractivity contribution in [3.8, 4) is 21.3 Å². The molecule has 0 unspecified atom stereocenters. The molecule has 10 heteroatoms. The van der Waals surface area contributed by atoms with Crippen molar-refractivity contribution in [3.63, 3.8) is 0 Å². The molecule has 0 fully saturated rings. The van der Waals surface area contributed by atoms with Crippen molar-refractivity contribution >= 4 is 17.2 Å². The number of hydrogen-bond donors (Lipinski definition) is 1. The summed E-state index contributed by atoms with van der Waals surface area (Å²) in [5, 5.41) is 10.9. The lowest BCUT2D eigenvalue weighted by Crippen LogP contribution is -2.34. The molecule has 0 aromatic carbocycles. The van der Waals surface area contributed by atoms with E-state index in [9.17, 15) is 18.0 Å². The standard InChI is InChI=1S/C15H10F3N5OS.CH4/c16-15(17,18)8-20-12(24)10-4-1-5-11(21-10)14-23-22-13(25-14)9-3-2-6-19-7-9;/h1-7H,8H2,(H,20,24);1H4. The zero-order valence-electron chi connectivity index (χ0n) is 12.5.